The summed E-state index contributed by atoms with van der Waals surface area (Å²) in [5.74, 6) is 1.39. The summed E-state index contributed by atoms with van der Waals surface area (Å²) in [4.78, 5) is 17.4. The molecule has 0 bridgehead atoms. The number of nitrogens with one attached hydrogen (secondary N) is 1. The van der Waals surface area contributed by atoms with Gasteiger partial charge in [0.1, 0.15) is 0 Å². The van der Waals surface area contributed by atoms with Crippen LogP contribution in [0.2, 0.25) is 0 Å². The molecule has 1 aromatic heterocycles. The van der Waals surface area contributed by atoms with E-state index in [4.69, 9.17) is 9.47 Å². The first-order valence-electron chi connectivity index (χ1n) is 9.02. The van der Waals surface area contributed by atoms with Crippen LogP contribution in [0.1, 0.15) is 29.9 Å². The van der Waals surface area contributed by atoms with E-state index in [0.717, 1.165) is 47.6 Å². The number of anilines is 1. The van der Waals surface area contributed by atoms with Crippen LogP contribution in [0.3, 0.4) is 0 Å². The second-order valence-electron chi connectivity index (χ2n) is 6.74. The van der Waals surface area contributed by atoms with Gasteiger partial charge in [-0.1, -0.05) is 24.3 Å². The number of fused-ring (bicyclic) bond motifs is 2. The lowest BCUT2D eigenvalue weighted by Gasteiger charge is -2.24. The molecule has 136 valence electrons. The Morgan fingerprint density at radius 1 is 1.15 bits per heavy atom. The molecule has 6 heteroatoms. The zero-order chi connectivity index (χ0) is 18.2. The second kappa shape index (κ2) is 6.70. The zero-order valence-corrected chi connectivity index (χ0v) is 15.4. The molecule has 1 aliphatic heterocycles. The second-order valence-corrected chi connectivity index (χ2v) is 7.60. The van der Waals surface area contributed by atoms with Crippen molar-refractivity contribution in [3.05, 3.63) is 59.0 Å². The minimum atomic E-state index is -0.104. The average molecular weight is 378 g/mol. The Morgan fingerprint density at radius 2 is 2.04 bits per heavy atom. The van der Waals surface area contributed by atoms with E-state index in [9.17, 15) is 4.79 Å². The van der Waals surface area contributed by atoms with Crippen LogP contribution in [-0.4, -0.2) is 17.7 Å². The van der Waals surface area contributed by atoms with Crippen molar-refractivity contribution in [3.8, 4) is 22.8 Å². The number of aromatic nitrogens is 1. The van der Waals surface area contributed by atoms with Gasteiger partial charge < -0.3 is 14.8 Å². The van der Waals surface area contributed by atoms with E-state index in [1.54, 1.807) is 0 Å². The van der Waals surface area contributed by atoms with Crippen LogP contribution < -0.4 is 14.8 Å². The van der Waals surface area contributed by atoms with E-state index in [0.29, 0.717) is 5.13 Å². The lowest BCUT2D eigenvalue weighted by atomic mass is 9.82. The summed E-state index contributed by atoms with van der Waals surface area (Å²) in [7, 11) is 0. The highest BCUT2D eigenvalue weighted by Crippen LogP contribution is 2.37. The van der Waals surface area contributed by atoms with E-state index < -0.39 is 0 Å². The third-order valence-electron chi connectivity index (χ3n) is 5.09. The number of rotatable bonds is 3. The van der Waals surface area contributed by atoms with Gasteiger partial charge in [0.25, 0.3) is 0 Å². The first kappa shape index (κ1) is 16.3. The molecule has 27 heavy (non-hydrogen) atoms. The predicted octanol–water partition coefficient (Wildman–Crippen LogP) is 4.60. The van der Waals surface area contributed by atoms with Gasteiger partial charge in [-0.2, -0.15) is 0 Å². The summed E-state index contributed by atoms with van der Waals surface area (Å²) in [5, 5.41) is 5.57. The fourth-order valence-corrected chi connectivity index (χ4v) is 4.46. The van der Waals surface area contributed by atoms with Crippen LogP contribution in [0.25, 0.3) is 11.3 Å². The molecule has 1 amide bonds. The summed E-state index contributed by atoms with van der Waals surface area (Å²) >= 11 is 1.44. The highest BCUT2D eigenvalue weighted by molar-refractivity contribution is 7.14. The Hall–Kier alpha value is -2.86. The molecule has 5 rings (SSSR count). The van der Waals surface area contributed by atoms with E-state index in [2.05, 4.69) is 22.4 Å². The number of ether oxygens (including phenoxy) is 2. The number of aryl methyl sites for hydroxylation is 1. The fourth-order valence-electron chi connectivity index (χ4n) is 3.74. The molecule has 0 saturated heterocycles. The maximum atomic E-state index is 12.8. The van der Waals surface area contributed by atoms with Gasteiger partial charge in [0, 0.05) is 10.9 Å². The molecule has 0 radical (unpaired) electrons. The molecule has 5 nitrogen and oxygen atoms in total. The molecular weight excluding hydrogens is 360 g/mol. The topological polar surface area (TPSA) is 60.5 Å². The first-order valence-corrected chi connectivity index (χ1v) is 9.90. The number of carbonyl (C=O) groups excluding carboxylic acids is 1. The molecule has 2 aromatic carbocycles. The van der Waals surface area contributed by atoms with Gasteiger partial charge in [-0.05, 0) is 48.6 Å². The van der Waals surface area contributed by atoms with Gasteiger partial charge in [-0.3, -0.25) is 4.79 Å². The quantitative estimate of drug-likeness (QED) is 0.724. The third-order valence-corrected chi connectivity index (χ3v) is 5.85. The Bertz CT molecular complexity index is 1010. The van der Waals surface area contributed by atoms with Crippen LogP contribution in [0.4, 0.5) is 5.13 Å². The molecule has 1 aliphatic carbocycles. The van der Waals surface area contributed by atoms with Gasteiger partial charge >= 0.3 is 0 Å². The van der Waals surface area contributed by atoms with Gasteiger partial charge in [-0.25, -0.2) is 4.98 Å². The van der Waals surface area contributed by atoms with Gasteiger partial charge in [0.2, 0.25) is 12.7 Å². The summed E-state index contributed by atoms with van der Waals surface area (Å²) in [5.41, 5.74) is 4.19. The van der Waals surface area contributed by atoms with Crippen LogP contribution >= 0.6 is 11.3 Å². The van der Waals surface area contributed by atoms with E-state index in [-0.39, 0.29) is 18.6 Å². The maximum absolute atomic E-state index is 12.8. The normalized spacial score (nSPS) is 17.4. The van der Waals surface area contributed by atoms with Crippen molar-refractivity contribution >= 4 is 22.4 Å². The molecule has 0 fully saturated rings. The average Bonchev–Trinajstić information content (AvgIpc) is 3.36. The van der Waals surface area contributed by atoms with E-state index >= 15 is 0 Å². The Kier molecular flexibility index (Phi) is 4.05. The van der Waals surface area contributed by atoms with E-state index in [1.807, 2.05) is 35.7 Å². The predicted molar refractivity (Wildman–Crippen MR) is 104 cm³/mol. The summed E-state index contributed by atoms with van der Waals surface area (Å²) in [6.45, 7) is 0.250. The van der Waals surface area contributed by atoms with Crippen molar-refractivity contribution in [2.24, 2.45) is 0 Å². The summed E-state index contributed by atoms with van der Waals surface area (Å²) in [6, 6.07) is 14.0. The van der Waals surface area contributed by atoms with Crippen LogP contribution in [0.5, 0.6) is 11.5 Å². The smallest absolute Gasteiger partial charge is 0.233 e. The first-order chi connectivity index (χ1) is 13.3. The van der Waals surface area contributed by atoms with Gasteiger partial charge in [-0.15, -0.1) is 11.3 Å². The molecule has 3 aromatic rings. The molecule has 1 atom stereocenters. The van der Waals surface area contributed by atoms with Crippen molar-refractivity contribution < 1.29 is 14.3 Å². The zero-order valence-electron chi connectivity index (χ0n) is 14.6. The molecule has 0 spiro atoms. The lowest BCUT2D eigenvalue weighted by Crippen LogP contribution is -2.24. The minimum Gasteiger partial charge on any atom is -0.454 e. The molecule has 1 unspecified atom stereocenters. The van der Waals surface area contributed by atoms with E-state index in [1.165, 1.54) is 16.9 Å². The maximum Gasteiger partial charge on any atom is 0.233 e. The summed E-state index contributed by atoms with van der Waals surface area (Å²) in [6.07, 6.45) is 2.96. The Balaban J connectivity index is 1.35. The van der Waals surface area contributed by atoms with Crippen LogP contribution in [0, 0.1) is 0 Å². The number of benzene rings is 2. The SMILES string of the molecule is O=C(Nc1nc(-c2ccc3c(c2)OCO3)cs1)C1CCCc2ccccc21. The number of hydrogen-bond acceptors (Lipinski definition) is 5. The number of hydrogen-bond donors (Lipinski definition) is 1. The Labute approximate surface area is 161 Å². The van der Waals surface area contributed by atoms with Crippen LogP contribution in [-0.2, 0) is 11.2 Å². The monoisotopic (exact) mass is 378 g/mol. The number of amides is 1. The fraction of sp³-hybridized carbons (Fsp3) is 0.238. The molecule has 0 saturated carbocycles. The number of carbonyl (C=O) groups is 1. The largest absolute Gasteiger partial charge is 0.454 e. The van der Waals surface area contributed by atoms with Crippen LogP contribution in [0.15, 0.2) is 47.8 Å². The van der Waals surface area contributed by atoms with Gasteiger partial charge in [0.05, 0.1) is 11.6 Å². The van der Waals surface area contributed by atoms with Crippen molar-refractivity contribution in [1.29, 1.82) is 0 Å². The minimum absolute atomic E-state index is 0.0220. The molecular formula is C21H18N2O3S. The standard InChI is InChI=1S/C21H18N2O3S/c24-20(16-7-3-5-13-4-1-2-6-15(13)16)23-21-22-17(11-27-21)14-8-9-18-19(10-14)26-12-25-18/h1-2,4,6,8-11,16H,3,5,7,12H2,(H,22,23,24). The van der Waals surface area contributed by atoms with Crippen molar-refractivity contribution in [2.75, 3.05) is 12.1 Å². The number of nitrogens with zero attached hydrogens (tertiary/aromatic N) is 1. The van der Waals surface area contributed by atoms with Crippen molar-refractivity contribution in [2.45, 2.75) is 25.2 Å². The molecule has 1 N–H and O–H groups in total. The van der Waals surface area contributed by atoms with Gasteiger partial charge in [0.15, 0.2) is 16.6 Å². The lowest BCUT2D eigenvalue weighted by molar-refractivity contribution is -0.117. The highest BCUT2D eigenvalue weighted by atomic mass is 32.1. The van der Waals surface area contributed by atoms with Crippen molar-refractivity contribution in [3.63, 3.8) is 0 Å². The van der Waals surface area contributed by atoms with Crippen molar-refractivity contribution in [1.82, 2.24) is 4.98 Å². The third kappa shape index (κ3) is 3.06. The Morgan fingerprint density at radius 3 is 3.00 bits per heavy atom. The molecule has 2 aliphatic rings. The summed E-state index contributed by atoms with van der Waals surface area (Å²) < 4.78 is 10.8. The molecule has 2 heterocycles. The highest BCUT2D eigenvalue weighted by Gasteiger charge is 2.26. The number of thiazole rings is 1.